The number of aromatic hydroxyl groups is 1. The predicted molar refractivity (Wildman–Crippen MR) is 100 cm³/mol. The molecule has 0 atom stereocenters. The Morgan fingerprint density at radius 3 is 2.54 bits per heavy atom. The molecule has 0 radical (unpaired) electrons. The Balaban J connectivity index is 1.92. The Labute approximate surface area is 161 Å². The van der Waals surface area contributed by atoms with E-state index in [9.17, 15) is 31.1 Å². The van der Waals surface area contributed by atoms with Gasteiger partial charge in [0.15, 0.2) is 0 Å². The van der Waals surface area contributed by atoms with Gasteiger partial charge in [0.1, 0.15) is 18.1 Å². The number of hydrogen-bond acceptors (Lipinski definition) is 6. The SMILES string of the molecule is CS(=O)(=O)Nc1ccc(F)cc1Cc1ccc(N2CC(=O)NS2(=O)=O)c(O)c1. The molecule has 1 aliphatic heterocycles. The second kappa shape index (κ2) is 6.95. The zero-order chi connectivity index (χ0) is 20.7. The molecule has 0 saturated carbocycles. The number of nitrogens with one attached hydrogen (secondary N) is 2. The fourth-order valence-electron chi connectivity index (χ4n) is 2.78. The summed E-state index contributed by atoms with van der Waals surface area (Å²) < 4.78 is 65.2. The summed E-state index contributed by atoms with van der Waals surface area (Å²) in [5, 5.41) is 10.2. The molecule has 0 unspecified atom stereocenters. The molecule has 28 heavy (non-hydrogen) atoms. The number of benzene rings is 2. The largest absolute Gasteiger partial charge is 0.506 e. The number of carbonyl (C=O) groups excluding carboxylic acids is 1. The fraction of sp³-hybridized carbons (Fsp3) is 0.188. The molecule has 1 aliphatic rings. The van der Waals surface area contributed by atoms with E-state index in [-0.39, 0.29) is 17.8 Å². The van der Waals surface area contributed by atoms with Crippen molar-refractivity contribution in [2.45, 2.75) is 6.42 Å². The van der Waals surface area contributed by atoms with Crippen molar-refractivity contribution in [3.8, 4) is 5.75 Å². The summed E-state index contributed by atoms with van der Waals surface area (Å²) >= 11 is 0. The number of phenolic OH excluding ortho intramolecular Hbond substituents is 1. The Hall–Kier alpha value is -2.86. The molecule has 2 aromatic carbocycles. The van der Waals surface area contributed by atoms with E-state index in [1.165, 1.54) is 24.3 Å². The molecule has 12 heteroatoms. The first-order valence-electron chi connectivity index (χ1n) is 7.86. The lowest BCUT2D eigenvalue weighted by molar-refractivity contribution is -0.117. The fourth-order valence-corrected chi connectivity index (χ4v) is 4.54. The number of amides is 1. The van der Waals surface area contributed by atoms with E-state index >= 15 is 0 Å². The average molecular weight is 429 g/mol. The van der Waals surface area contributed by atoms with Gasteiger partial charge in [-0.15, -0.1) is 0 Å². The van der Waals surface area contributed by atoms with Gasteiger partial charge in [-0.05, 0) is 47.9 Å². The standard InChI is InChI=1S/C16H16FN3O6S2/c1-27(23,24)18-13-4-3-12(17)8-11(13)6-10-2-5-14(15(21)7-10)20-9-16(22)19-28(20,25)26/h2-5,7-8,18,21H,6,9H2,1H3,(H,19,22). The van der Waals surface area contributed by atoms with E-state index in [0.717, 1.165) is 22.7 Å². The number of rotatable bonds is 5. The molecule has 0 aliphatic carbocycles. The number of phenols is 1. The van der Waals surface area contributed by atoms with Crippen molar-refractivity contribution in [2.24, 2.45) is 0 Å². The van der Waals surface area contributed by atoms with Crippen LogP contribution in [0.2, 0.25) is 0 Å². The first-order chi connectivity index (χ1) is 12.9. The van der Waals surface area contributed by atoms with Gasteiger partial charge in [0.05, 0.1) is 17.6 Å². The minimum Gasteiger partial charge on any atom is -0.506 e. The minimum atomic E-state index is -4.07. The number of nitrogens with zero attached hydrogens (tertiary/aromatic N) is 1. The Kier molecular flexibility index (Phi) is 4.93. The molecule has 3 rings (SSSR count). The van der Waals surface area contributed by atoms with Gasteiger partial charge in [-0.25, -0.2) is 21.8 Å². The van der Waals surface area contributed by atoms with Gasteiger partial charge in [-0.2, -0.15) is 8.42 Å². The van der Waals surface area contributed by atoms with Crippen LogP contribution in [-0.2, 0) is 31.4 Å². The highest BCUT2D eigenvalue weighted by Crippen LogP contribution is 2.32. The molecule has 0 aromatic heterocycles. The second-order valence-corrected chi connectivity index (χ2v) is 9.56. The topological polar surface area (TPSA) is 133 Å². The van der Waals surface area contributed by atoms with Crippen LogP contribution in [0.1, 0.15) is 11.1 Å². The van der Waals surface area contributed by atoms with Crippen LogP contribution >= 0.6 is 0 Å². The summed E-state index contributed by atoms with van der Waals surface area (Å²) in [7, 11) is -7.65. The molecule has 1 fully saturated rings. The molecule has 1 saturated heterocycles. The molecule has 0 bridgehead atoms. The molecule has 1 amide bonds. The van der Waals surface area contributed by atoms with Gasteiger partial charge < -0.3 is 5.11 Å². The molecule has 0 spiro atoms. The molecular formula is C16H16FN3O6S2. The van der Waals surface area contributed by atoms with Crippen LogP contribution in [0.15, 0.2) is 36.4 Å². The average Bonchev–Trinajstić information content (AvgIpc) is 2.81. The number of anilines is 2. The second-order valence-electron chi connectivity index (χ2n) is 6.21. The van der Waals surface area contributed by atoms with E-state index in [1.807, 2.05) is 0 Å². The maximum atomic E-state index is 13.6. The van der Waals surface area contributed by atoms with Crippen molar-refractivity contribution in [3.05, 3.63) is 53.3 Å². The Morgan fingerprint density at radius 2 is 1.96 bits per heavy atom. The van der Waals surface area contributed by atoms with Crippen molar-refractivity contribution in [3.63, 3.8) is 0 Å². The highest BCUT2D eigenvalue weighted by Gasteiger charge is 2.35. The van der Waals surface area contributed by atoms with Crippen molar-refractivity contribution in [1.82, 2.24) is 4.72 Å². The monoisotopic (exact) mass is 429 g/mol. The van der Waals surface area contributed by atoms with Crippen LogP contribution in [0, 0.1) is 5.82 Å². The molecular weight excluding hydrogens is 413 g/mol. The lowest BCUT2D eigenvalue weighted by Gasteiger charge is -2.17. The quantitative estimate of drug-likeness (QED) is 0.640. The van der Waals surface area contributed by atoms with Crippen molar-refractivity contribution >= 4 is 37.5 Å². The van der Waals surface area contributed by atoms with Crippen LogP contribution in [0.25, 0.3) is 0 Å². The Morgan fingerprint density at radius 1 is 1.25 bits per heavy atom. The third-order valence-electron chi connectivity index (χ3n) is 3.89. The van der Waals surface area contributed by atoms with Gasteiger partial charge in [-0.3, -0.25) is 9.52 Å². The first kappa shape index (κ1) is 19.9. The van der Waals surface area contributed by atoms with E-state index < -0.39 is 44.3 Å². The molecule has 3 N–H and O–H groups in total. The molecule has 150 valence electrons. The highest BCUT2D eigenvalue weighted by molar-refractivity contribution is 7.92. The third kappa shape index (κ3) is 4.34. The van der Waals surface area contributed by atoms with Crippen LogP contribution < -0.4 is 13.7 Å². The Bertz CT molecular complexity index is 1160. The zero-order valence-electron chi connectivity index (χ0n) is 14.5. The van der Waals surface area contributed by atoms with Crippen molar-refractivity contribution < 1.29 is 31.1 Å². The van der Waals surface area contributed by atoms with E-state index in [0.29, 0.717) is 11.1 Å². The van der Waals surface area contributed by atoms with Gasteiger partial charge >= 0.3 is 10.2 Å². The summed E-state index contributed by atoms with van der Waals surface area (Å²) in [6.07, 6.45) is 1.03. The lowest BCUT2D eigenvalue weighted by Crippen LogP contribution is -2.29. The summed E-state index contributed by atoms with van der Waals surface area (Å²) in [4.78, 5) is 11.3. The first-order valence-corrected chi connectivity index (χ1v) is 11.2. The van der Waals surface area contributed by atoms with Gasteiger partial charge in [0.2, 0.25) is 10.0 Å². The zero-order valence-corrected chi connectivity index (χ0v) is 16.1. The van der Waals surface area contributed by atoms with Crippen LogP contribution in [0.4, 0.5) is 15.8 Å². The third-order valence-corrected chi connectivity index (χ3v) is 5.87. The number of carbonyl (C=O) groups is 1. The van der Waals surface area contributed by atoms with Crippen molar-refractivity contribution in [1.29, 1.82) is 0 Å². The van der Waals surface area contributed by atoms with E-state index in [1.54, 1.807) is 4.72 Å². The number of sulfonamides is 1. The number of hydrogen-bond donors (Lipinski definition) is 3. The van der Waals surface area contributed by atoms with Crippen LogP contribution in [0.3, 0.4) is 0 Å². The lowest BCUT2D eigenvalue weighted by atomic mass is 10.0. The van der Waals surface area contributed by atoms with Gasteiger partial charge in [-0.1, -0.05) is 6.07 Å². The van der Waals surface area contributed by atoms with Crippen LogP contribution in [-0.4, -0.2) is 40.6 Å². The van der Waals surface area contributed by atoms with E-state index in [2.05, 4.69) is 4.72 Å². The van der Waals surface area contributed by atoms with E-state index in [4.69, 9.17) is 0 Å². The normalized spacial score (nSPS) is 16.1. The molecule has 9 nitrogen and oxygen atoms in total. The smallest absolute Gasteiger partial charge is 0.326 e. The summed E-state index contributed by atoms with van der Waals surface area (Å²) in [6, 6.07) is 7.62. The summed E-state index contributed by atoms with van der Waals surface area (Å²) in [6.45, 7) is -0.457. The van der Waals surface area contributed by atoms with Gasteiger partial charge in [0, 0.05) is 0 Å². The maximum absolute atomic E-state index is 13.6. The summed E-state index contributed by atoms with van der Waals surface area (Å²) in [5.74, 6) is -1.69. The van der Waals surface area contributed by atoms with Crippen LogP contribution in [0.5, 0.6) is 5.75 Å². The number of halogens is 1. The van der Waals surface area contributed by atoms with Gasteiger partial charge in [0.25, 0.3) is 5.91 Å². The minimum absolute atomic E-state index is 0.0629. The predicted octanol–water partition coefficient (Wildman–Crippen LogP) is 0.675. The summed E-state index contributed by atoms with van der Waals surface area (Å²) in [5.41, 5.74) is 0.891. The molecule has 1 heterocycles. The van der Waals surface area contributed by atoms with Crippen molar-refractivity contribution in [2.75, 3.05) is 21.8 Å². The maximum Gasteiger partial charge on any atom is 0.326 e. The highest BCUT2D eigenvalue weighted by atomic mass is 32.2. The molecule has 2 aromatic rings.